The highest BCUT2D eigenvalue weighted by molar-refractivity contribution is 6.08. The molecule has 6 heteroatoms. The molecule has 0 saturated heterocycles. The number of para-hydroxylation sites is 1. The Hall–Kier alpha value is -3.54. The number of rotatable bonds is 5. The molecule has 3 N–H and O–H groups in total. The van der Waals surface area contributed by atoms with Gasteiger partial charge in [0.15, 0.2) is 11.5 Å². The number of aliphatic hydroxyl groups is 1. The molecule has 0 aliphatic carbocycles. The zero-order chi connectivity index (χ0) is 20.7. The maximum atomic E-state index is 12.8. The highest BCUT2D eigenvalue weighted by Gasteiger charge is 2.43. The number of Topliss-reactive ketones (excluding diaryl/α,β-unsaturated/α-hetero) is 1. The molecule has 0 fully saturated rings. The number of nitrogens with zero attached hydrogens (tertiary/aromatic N) is 1. The number of phenols is 1. The number of carbonyl (C=O) groups excluding carboxylic acids is 2. The number of aromatic hydroxyl groups is 1. The number of ketones is 1. The third-order valence-electron chi connectivity index (χ3n) is 5.46. The Balaban J connectivity index is 1.70. The van der Waals surface area contributed by atoms with E-state index in [1.165, 1.54) is 11.8 Å². The Labute approximate surface area is 168 Å². The van der Waals surface area contributed by atoms with Gasteiger partial charge >= 0.3 is 0 Å². The lowest BCUT2D eigenvalue weighted by Gasteiger charge is -2.27. The van der Waals surface area contributed by atoms with Crippen LogP contribution in [-0.4, -0.2) is 38.3 Å². The highest BCUT2D eigenvalue weighted by atomic mass is 16.3. The van der Waals surface area contributed by atoms with Crippen LogP contribution in [0.3, 0.4) is 0 Å². The third-order valence-corrected chi connectivity index (χ3v) is 5.46. The van der Waals surface area contributed by atoms with Crippen LogP contribution >= 0.6 is 0 Å². The van der Waals surface area contributed by atoms with Crippen LogP contribution in [-0.2, 0) is 16.0 Å². The molecular formula is C23H22N2O4. The van der Waals surface area contributed by atoms with Crippen molar-refractivity contribution in [3.63, 3.8) is 0 Å². The van der Waals surface area contributed by atoms with Crippen molar-refractivity contribution in [2.24, 2.45) is 0 Å². The van der Waals surface area contributed by atoms with Gasteiger partial charge in [0.25, 0.3) is 5.91 Å². The van der Waals surface area contributed by atoms with Crippen molar-refractivity contribution in [2.45, 2.75) is 26.3 Å². The third kappa shape index (κ3) is 3.16. The number of amides is 1. The highest BCUT2D eigenvalue weighted by Crippen LogP contribution is 2.41. The van der Waals surface area contributed by atoms with Gasteiger partial charge in [0, 0.05) is 29.2 Å². The number of aromatic nitrogens is 1. The fourth-order valence-corrected chi connectivity index (χ4v) is 4.03. The van der Waals surface area contributed by atoms with Crippen LogP contribution in [0.5, 0.6) is 5.75 Å². The van der Waals surface area contributed by atoms with Crippen LogP contribution in [0, 0.1) is 6.92 Å². The number of hydrogen-bond donors (Lipinski definition) is 3. The summed E-state index contributed by atoms with van der Waals surface area (Å²) in [5.41, 5.74) is 3.35. The van der Waals surface area contributed by atoms with Crippen molar-refractivity contribution in [3.05, 3.63) is 76.7 Å². The van der Waals surface area contributed by atoms with Crippen LogP contribution in [0.2, 0.25) is 0 Å². The Morgan fingerprint density at radius 2 is 1.93 bits per heavy atom. The zero-order valence-corrected chi connectivity index (χ0v) is 16.3. The quantitative estimate of drug-likeness (QED) is 0.619. The van der Waals surface area contributed by atoms with Crippen molar-refractivity contribution < 1.29 is 19.8 Å². The zero-order valence-electron chi connectivity index (χ0n) is 16.3. The first-order chi connectivity index (χ1) is 13.9. The first-order valence-corrected chi connectivity index (χ1v) is 9.48. The molecule has 6 nitrogen and oxygen atoms in total. The lowest BCUT2D eigenvalue weighted by molar-refractivity contribution is -0.129. The topological polar surface area (TPSA) is 93.6 Å². The first kappa shape index (κ1) is 18.8. The number of benzene rings is 2. The second-order valence-corrected chi connectivity index (χ2v) is 7.39. The Morgan fingerprint density at radius 1 is 1.17 bits per heavy atom. The largest absolute Gasteiger partial charge is 0.508 e. The molecule has 1 aliphatic heterocycles. The standard InChI is InChI=1S/C23H22N2O4/c1-13-7-8-17(19(27)11-13)21-20(14(2)26)22(28)23(29)25(21)10-9-15-12-24-18-6-4-3-5-16(15)18/h3-8,11-12,21,24,27-28H,9-10H2,1-2H3. The van der Waals surface area contributed by atoms with Crippen LogP contribution in [0.4, 0.5) is 0 Å². The Kier molecular flexibility index (Phi) is 4.62. The summed E-state index contributed by atoms with van der Waals surface area (Å²) in [6.45, 7) is 3.46. The van der Waals surface area contributed by atoms with E-state index >= 15 is 0 Å². The average Bonchev–Trinajstić information content (AvgIpc) is 3.20. The van der Waals surface area contributed by atoms with E-state index in [-0.39, 0.29) is 11.3 Å². The SMILES string of the molecule is CC(=O)C1=C(O)C(=O)N(CCc2c[nH]c3ccccc23)C1c1ccc(C)cc1O. The lowest BCUT2D eigenvalue weighted by atomic mass is 9.95. The molecule has 0 radical (unpaired) electrons. The van der Waals surface area contributed by atoms with Crippen LogP contribution in [0.25, 0.3) is 10.9 Å². The monoisotopic (exact) mass is 390 g/mol. The summed E-state index contributed by atoms with van der Waals surface area (Å²) in [6.07, 6.45) is 2.44. The van der Waals surface area contributed by atoms with Crippen LogP contribution in [0.15, 0.2) is 60.0 Å². The summed E-state index contributed by atoms with van der Waals surface area (Å²) < 4.78 is 0. The summed E-state index contributed by atoms with van der Waals surface area (Å²) in [7, 11) is 0. The summed E-state index contributed by atoms with van der Waals surface area (Å²) >= 11 is 0. The molecule has 2 heterocycles. The molecule has 1 aliphatic rings. The molecule has 2 aromatic carbocycles. The van der Waals surface area contributed by atoms with Crippen LogP contribution in [0.1, 0.15) is 29.7 Å². The van der Waals surface area contributed by atoms with Crippen LogP contribution < -0.4 is 0 Å². The summed E-state index contributed by atoms with van der Waals surface area (Å²) in [5.74, 6) is -1.54. The number of phenolic OH excluding ortho intramolecular Hbond substituents is 1. The molecular weight excluding hydrogens is 368 g/mol. The van der Waals surface area contributed by atoms with Crippen molar-refractivity contribution in [1.29, 1.82) is 0 Å². The second kappa shape index (κ2) is 7.13. The fourth-order valence-electron chi connectivity index (χ4n) is 4.03. The predicted molar refractivity (Wildman–Crippen MR) is 110 cm³/mol. The van der Waals surface area contributed by atoms with E-state index in [1.807, 2.05) is 43.5 Å². The molecule has 1 amide bonds. The Bertz CT molecular complexity index is 1160. The summed E-state index contributed by atoms with van der Waals surface area (Å²) in [5, 5.41) is 21.9. The van der Waals surface area contributed by atoms with Crippen molar-refractivity contribution in [2.75, 3.05) is 6.54 Å². The van der Waals surface area contributed by atoms with E-state index in [0.29, 0.717) is 18.5 Å². The van der Waals surface area contributed by atoms with E-state index < -0.39 is 23.5 Å². The number of carbonyl (C=O) groups is 2. The summed E-state index contributed by atoms with van der Waals surface area (Å²) in [4.78, 5) is 29.7. The van der Waals surface area contributed by atoms with E-state index in [4.69, 9.17) is 0 Å². The molecule has 1 unspecified atom stereocenters. The van der Waals surface area contributed by atoms with Gasteiger partial charge in [-0.1, -0.05) is 30.3 Å². The number of hydrogen-bond acceptors (Lipinski definition) is 4. The normalized spacial score (nSPS) is 16.8. The second-order valence-electron chi connectivity index (χ2n) is 7.39. The lowest BCUT2D eigenvalue weighted by Crippen LogP contribution is -2.33. The number of H-pyrrole nitrogens is 1. The van der Waals surface area contributed by atoms with E-state index in [1.54, 1.807) is 12.1 Å². The van der Waals surface area contributed by atoms with Gasteiger partial charge < -0.3 is 20.1 Å². The minimum Gasteiger partial charge on any atom is -0.508 e. The van der Waals surface area contributed by atoms with Gasteiger partial charge in [-0.05, 0) is 43.5 Å². The van der Waals surface area contributed by atoms with Crippen molar-refractivity contribution in [1.82, 2.24) is 9.88 Å². The molecule has 0 saturated carbocycles. The Morgan fingerprint density at radius 3 is 2.66 bits per heavy atom. The van der Waals surface area contributed by atoms with Gasteiger partial charge in [0.1, 0.15) is 5.75 Å². The molecule has 148 valence electrons. The number of aryl methyl sites for hydroxylation is 1. The smallest absolute Gasteiger partial charge is 0.290 e. The number of nitrogens with one attached hydrogen (secondary N) is 1. The van der Waals surface area contributed by atoms with E-state index in [0.717, 1.165) is 22.0 Å². The molecule has 3 aromatic rings. The van der Waals surface area contributed by atoms with Gasteiger partial charge in [0.05, 0.1) is 11.6 Å². The van der Waals surface area contributed by atoms with Crippen molar-refractivity contribution in [3.8, 4) is 5.75 Å². The molecule has 29 heavy (non-hydrogen) atoms. The fraction of sp³-hybridized carbons (Fsp3) is 0.217. The predicted octanol–water partition coefficient (Wildman–Crippen LogP) is 3.71. The number of fused-ring (bicyclic) bond motifs is 1. The van der Waals surface area contributed by atoms with Gasteiger partial charge in [0.2, 0.25) is 0 Å². The average molecular weight is 390 g/mol. The minimum absolute atomic E-state index is 0.00616. The van der Waals surface area contributed by atoms with Gasteiger partial charge in [-0.15, -0.1) is 0 Å². The molecule has 0 bridgehead atoms. The van der Waals surface area contributed by atoms with E-state index in [2.05, 4.69) is 4.98 Å². The minimum atomic E-state index is -0.814. The molecule has 0 spiro atoms. The number of aromatic amines is 1. The first-order valence-electron chi connectivity index (χ1n) is 9.48. The maximum Gasteiger partial charge on any atom is 0.290 e. The van der Waals surface area contributed by atoms with Gasteiger partial charge in [-0.25, -0.2) is 0 Å². The molecule has 1 atom stereocenters. The molecule has 4 rings (SSSR count). The van der Waals surface area contributed by atoms with Crippen molar-refractivity contribution >= 4 is 22.6 Å². The van der Waals surface area contributed by atoms with E-state index in [9.17, 15) is 19.8 Å². The number of aliphatic hydroxyl groups excluding tert-OH is 1. The maximum absolute atomic E-state index is 12.8. The van der Waals surface area contributed by atoms with Gasteiger partial charge in [-0.2, -0.15) is 0 Å². The van der Waals surface area contributed by atoms with Gasteiger partial charge in [-0.3, -0.25) is 9.59 Å². The molecule has 1 aromatic heterocycles. The summed E-state index contributed by atoms with van der Waals surface area (Å²) in [6, 6.07) is 12.2.